The number of carbonyl (C=O) groups excluding carboxylic acids is 2. The number of benzene rings is 2. The van der Waals surface area contributed by atoms with Crippen LogP contribution in [0.4, 0.5) is 0 Å². The molecule has 0 spiro atoms. The maximum absolute atomic E-state index is 11.2. The molecule has 6 heteroatoms. The van der Waals surface area contributed by atoms with Crippen LogP contribution in [0.3, 0.4) is 0 Å². The van der Waals surface area contributed by atoms with Gasteiger partial charge in [0.05, 0.1) is 12.6 Å². The summed E-state index contributed by atoms with van der Waals surface area (Å²) < 4.78 is 5.80. The molecule has 2 atom stereocenters. The Morgan fingerprint density at radius 2 is 1.92 bits per heavy atom. The van der Waals surface area contributed by atoms with Gasteiger partial charge in [0.1, 0.15) is 0 Å². The average molecular weight is 342 g/mol. The van der Waals surface area contributed by atoms with Gasteiger partial charge < -0.3 is 19.6 Å². The second-order valence-electron chi connectivity index (χ2n) is 6.42. The van der Waals surface area contributed by atoms with E-state index in [-0.39, 0.29) is 12.6 Å². The van der Waals surface area contributed by atoms with E-state index >= 15 is 0 Å². The van der Waals surface area contributed by atoms with Crippen LogP contribution < -0.4 is 0 Å². The monoisotopic (exact) mass is 342 g/mol. The van der Waals surface area contributed by atoms with Gasteiger partial charge in [-0.25, -0.2) is 0 Å². The van der Waals surface area contributed by atoms with Crippen LogP contribution in [-0.4, -0.2) is 60.0 Å². The molecule has 2 unspecified atom stereocenters. The van der Waals surface area contributed by atoms with Gasteiger partial charge in [0.15, 0.2) is 5.79 Å². The standard InChI is InChI=1S/C19H22N2O4/c1-19(24,18-8-4-6-15-5-2-3-7-17(15)18)25-12-16-11-20(13-22)9-10-21(16)14-23/h2-8,13-14,16,24H,9-12H2,1H3. The van der Waals surface area contributed by atoms with Crippen LogP contribution in [0.5, 0.6) is 0 Å². The maximum atomic E-state index is 11.2. The first-order valence-corrected chi connectivity index (χ1v) is 8.30. The van der Waals surface area contributed by atoms with E-state index in [1.165, 1.54) is 0 Å². The number of piperazine rings is 1. The lowest BCUT2D eigenvalue weighted by atomic mass is 9.99. The van der Waals surface area contributed by atoms with E-state index in [0.29, 0.717) is 25.2 Å². The second kappa shape index (κ2) is 7.21. The van der Waals surface area contributed by atoms with Crippen LogP contribution in [0.1, 0.15) is 12.5 Å². The first-order valence-electron chi connectivity index (χ1n) is 8.30. The van der Waals surface area contributed by atoms with Crippen molar-refractivity contribution in [1.82, 2.24) is 9.80 Å². The van der Waals surface area contributed by atoms with Gasteiger partial charge in [-0.1, -0.05) is 42.5 Å². The molecule has 25 heavy (non-hydrogen) atoms. The number of ether oxygens (including phenoxy) is 1. The van der Waals surface area contributed by atoms with Gasteiger partial charge in [-0.15, -0.1) is 0 Å². The highest BCUT2D eigenvalue weighted by atomic mass is 16.6. The van der Waals surface area contributed by atoms with Crippen LogP contribution in [0, 0.1) is 0 Å². The van der Waals surface area contributed by atoms with Gasteiger partial charge in [0.2, 0.25) is 12.8 Å². The van der Waals surface area contributed by atoms with Crippen molar-refractivity contribution in [3.05, 3.63) is 48.0 Å². The Morgan fingerprint density at radius 1 is 1.16 bits per heavy atom. The molecule has 0 aromatic heterocycles. The molecule has 1 N–H and O–H groups in total. The minimum atomic E-state index is -1.50. The predicted molar refractivity (Wildman–Crippen MR) is 93.7 cm³/mol. The van der Waals surface area contributed by atoms with Crippen LogP contribution in [0.15, 0.2) is 42.5 Å². The Balaban J connectivity index is 1.78. The molecular weight excluding hydrogens is 320 g/mol. The molecule has 1 aliphatic heterocycles. The Hall–Kier alpha value is -2.44. The van der Waals surface area contributed by atoms with Crippen molar-refractivity contribution >= 4 is 23.6 Å². The fourth-order valence-corrected chi connectivity index (χ4v) is 3.24. The van der Waals surface area contributed by atoms with Gasteiger partial charge in [-0.3, -0.25) is 9.59 Å². The zero-order chi connectivity index (χ0) is 17.9. The smallest absolute Gasteiger partial charge is 0.210 e. The summed E-state index contributed by atoms with van der Waals surface area (Å²) in [5.74, 6) is -1.50. The van der Waals surface area contributed by atoms with Crippen molar-refractivity contribution < 1.29 is 19.4 Å². The lowest BCUT2D eigenvalue weighted by Gasteiger charge is -2.39. The van der Waals surface area contributed by atoms with Crippen LogP contribution in [0.25, 0.3) is 10.8 Å². The van der Waals surface area contributed by atoms with E-state index in [1.807, 2.05) is 42.5 Å². The largest absolute Gasteiger partial charge is 0.362 e. The third-order valence-electron chi connectivity index (χ3n) is 4.69. The van der Waals surface area contributed by atoms with Crippen LogP contribution in [0.2, 0.25) is 0 Å². The Morgan fingerprint density at radius 3 is 2.68 bits per heavy atom. The summed E-state index contributed by atoms with van der Waals surface area (Å²) in [5, 5.41) is 12.8. The molecule has 2 aromatic carbocycles. The number of rotatable bonds is 6. The Kier molecular flexibility index (Phi) is 5.01. The van der Waals surface area contributed by atoms with E-state index in [2.05, 4.69) is 0 Å². The summed E-state index contributed by atoms with van der Waals surface area (Å²) in [5.41, 5.74) is 0.673. The fourth-order valence-electron chi connectivity index (χ4n) is 3.24. The summed E-state index contributed by atoms with van der Waals surface area (Å²) in [7, 11) is 0. The normalized spacial score (nSPS) is 20.3. The Bertz CT molecular complexity index is 757. The zero-order valence-corrected chi connectivity index (χ0v) is 14.2. The van der Waals surface area contributed by atoms with Crippen molar-refractivity contribution in [2.75, 3.05) is 26.2 Å². The number of aliphatic hydroxyl groups is 1. The van der Waals surface area contributed by atoms with E-state index in [0.717, 1.165) is 23.6 Å². The quantitative estimate of drug-likeness (QED) is 0.635. The molecule has 0 radical (unpaired) electrons. The molecule has 3 rings (SSSR count). The van der Waals surface area contributed by atoms with E-state index < -0.39 is 5.79 Å². The molecular formula is C19H22N2O4. The molecule has 0 saturated carbocycles. The van der Waals surface area contributed by atoms with Gasteiger partial charge >= 0.3 is 0 Å². The SMILES string of the molecule is CC(O)(OCC1CN(C=O)CCN1C=O)c1cccc2ccccc12. The maximum Gasteiger partial charge on any atom is 0.210 e. The first kappa shape index (κ1) is 17.4. The number of hydrogen-bond acceptors (Lipinski definition) is 4. The average Bonchev–Trinajstić information content (AvgIpc) is 2.65. The van der Waals surface area contributed by atoms with E-state index in [1.54, 1.807) is 16.7 Å². The highest BCUT2D eigenvalue weighted by Gasteiger charge is 2.31. The van der Waals surface area contributed by atoms with Gasteiger partial charge in [-0.05, 0) is 17.7 Å². The van der Waals surface area contributed by atoms with Gasteiger partial charge in [0.25, 0.3) is 0 Å². The summed E-state index contributed by atoms with van der Waals surface area (Å²) in [6.07, 6.45) is 1.54. The zero-order valence-electron chi connectivity index (χ0n) is 14.2. The number of nitrogens with zero attached hydrogens (tertiary/aromatic N) is 2. The minimum absolute atomic E-state index is 0.138. The first-order chi connectivity index (χ1) is 12.0. The summed E-state index contributed by atoms with van der Waals surface area (Å²) in [4.78, 5) is 25.5. The van der Waals surface area contributed by atoms with Crippen LogP contribution in [-0.2, 0) is 20.1 Å². The summed E-state index contributed by atoms with van der Waals surface area (Å²) in [6.45, 7) is 3.11. The highest BCUT2D eigenvalue weighted by molar-refractivity contribution is 5.86. The molecule has 1 fully saturated rings. The number of carbonyl (C=O) groups is 2. The van der Waals surface area contributed by atoms with Gasteiger partial charge in [0, 0.05) is 25.2 Å². The molecule has 132 valence electrons. The summed E-state index contributed by atoms with van der Waals surface area (Å²) >= 11 is 0. The molecule has 0 bridgehead atoms. The molecule has 2 aromatic rings. The number of fused-ring (bicyclic) bond motifs is 1. The fraction of sp³-hybridized carbons (Fsp3) is 0.368. The molecule has 2 amide bonds. The third kappa shape index (κ3) is 3.65. The van der Waals surface area contributed by atoms with Crippen LogP contribution >= 0.6 is 0 Å². The lowest BCUT2D eigenvalue weighted by Crippen LogP contribution is -2.54. The second-order valence-corrected chi connectivity index (χ2v) is 6.42. The number of amides is 2. The molecule has 6 nitrogen and oxygen atoms in total. The van der Waals surface area contributed by atoms with Crippen molar-refractivity contribution in [1.29, 1.82) is 0 Å². The summed E-state index contributed by atoms with van der Waals surface area (Å²) in [6, 6.07) is 13.2. The molecule has 1 heterocycles. The predicted octanol–water partition coefficient (Wildman–Crippen LogP) is 1.32. The van der Waals surface area contributed by atoms with Gasteiger partial charge in [-0.2, -0.15) is 0 Å². The lowest BCUT2D eigenvalue weighted by molar-refractivity contribution is -0.208. The number of hydrogen-bond donors (Lipinski definition) is 1. The molecule has 0 aliphatic carbocycles. The minimum Gasteiger partial charge on any atom is -0.362 e. The third-order valence-corrected chi connectivity index (χ3v) is 4.69. The van der Waals surface area contributed by atoms with Crippen molar-refractivity contribution in [2.45, 2.75) is 18.8 Å². The van der Waals surface area contributed by atoms with Crippen molar-refractivity contribution in [2.24, 2.45) is 0 Å². The van der Waals surface area contributed by atoms with Crippen molar-refractivity contribution in [3.63, 3.8) is 0 Å². The van der Waals surface area contributed by atoms with E-state index in [9.17, 15) is 14.7 Å². The molecule has 1 aliphatic rings. The molecule has 1 saturated heterocycles. The van der Waals surface area contributed by atoms with Crippen molar-refractivity contribution in [3.8, 4) is 0 Å². The highest BCUT2D eigenvalue weighted by Crippen LogP contribution is 2.30. The topological polar surface area (TPSA) is 70.1 Å². The van der Waals surface area contributed by atoms with E-state index in [4.69, 9.17) is 4.74 Å². The Labute approximate surface area is 146 Å².